The van der Waals surface area contributed by atoms with Gasteiger partial charge in [-0.15, -0.1) is 0 Å². The number of aliphatic hydroxyl groups is 1. The molecule has 1 aliphatic carbocycles. The molecule has 1 aromatic carbocycles. The molecule has 7 bridgehead atoms. The van der Waals surface area contributed by atoms with Gasteiger partial charge in [0.1, 0.15) is 12.0 Å². The first kappa shape index (κ1) is 28.8. The summed E-state index contributed by atoms with van der Waals surface area (Å²) in [6.07, 6.45) is 10.7. The maximum absolute atomic E-state index is 13.8. The maximum atomic E-state index is 13.8. The number of benzene rings is 1. The largest absolute Gasteiger partial charge is 0.377 e. The quantitative estimate of drug-likeness (QED) is 0.390. The van der Waals surface area contributed by atoms with Crippen LogP contribution in [0.3, 0.4) is 0 Å². The van der Waals surface area contributed by atoms with Crippen molar-refractivity contribution in [2.24, 2.45) is 0 Å². The minimum absolute atomic E-state index is 0.00918. The first-order valence-corrected chi connectivity index (χ1v) is 15.8. The van der Waals surface area contributed by atoms with Gasteiger partial charge in [0.2, 0.25) is 11.8 Å². The highest BCUT2D eigenvalue weighted by Gasteiger charge is 2.51. The van der Waals surface area contributed by atoms with Crippen LogP contribution >= 0.6 is 0 Å². The number of nitrogens with zero attached hydrogens (tertiary/aromatic N) is 3. The number of nitrogens with one attached hydrogen (secondary N) is 2. The van der Waals surface area contributed by atoms with Crippen LogP contribution in [0.15, 0.2) is 60.9 Å². The molecule has 4 unspecified atom stereocenters. The van der Waals surface area contributed by atoms with Crippen molar-refractivity contribution in [3.63, 3.8) is 0 Å². The van der Waals surface area contributed by atoms with Crippen LogP contribution < -0.4 is 10.6 Å². The fourth-order valence-corrected chi connectivity index (χ4v) is 7.48. The second-order valence-corrected chi connectivity index (χ2v) is 12.6. The van der Waals surface area contributed by atoms with E-state index in [0.717, 1.165) is 41.5 Å². The normalized spacial score (nSPS) is 29.5. The number of fused-ring (bicyclic) bond motifs is 4. The monoisotopic (exact) mass is 593 g/mol. The van der Waals surface area contributed by atoms with Gasteiger partial charge in [0.05, 0.1) is 23.8 Å². The van der Waals surface area contributed by atoms with Crippen molar-refractivity contribution in [2.45, 2.75) is 75.1 Å². The molecular weight excluding hydrogens is 554 g/mol. The summed E-state index contributed by atoms with van der Waals surface area (Å²) >= 11 is 0. The Kier molecular flexibility index (Phi) is 7.78. The first-order valence-electron chi connectivity index (χ1n) is 15.8. The van der Waals surface area contributed by atoms with Crippen molar-refractivity contribution < 1.29 is 19.4 Å². The standard InChI is InChI=1S/C35H39N5O4/c1-22-27(24-10-4-2-5-11-24)17-30-33(42)40(22)12-6-3-7-13-44-14-8-9-23-15-28-31(37-20-23)39-34(43)35(28)18-25-16-29(32(41)38-30)36-21-26(25)19-35/h2,4-5,8-11,15-16,20-22,27,30,32,38,41H,3,6-7,12-14,17-19H2,1H3,(H,37,39,43)/b9-8+/t22?,27?,30?,32?,35-/m0/s1. The maximum Gasteiger partial charge on any atom is 0.240 e. The van der Waals surface area contributed by atoms with Gasteiger partial charge in [0.25, 0.3) is 0 Å². The van der Waals surface area contributed by atoms with Crippen LogP contribution in [0.1, 0.15) is 78.3 Å². The lowest BCUT2D eigenvalue weighted by Gasteiger charge is -2.44. The van der Waals surface area contributed by atoms with Gasteiger partial charge in [-0.2, -0.15) is 0 Å². The Morgan fingerprint density at radius 3 is 2.73 bits per heavy atom. The summed E-state index contributed by atoms with van der Waals surface area (Å²) in [7, 11) is 0. The van der Waals surface area contributed by atoms with Gasteiger partial charge in [-0.05, 0) is 79.8 Å². The van der Waals surface area contributed by atoms with Crippen molar-refractivity contribution in [3.8, 4) is 0 Å². The Balaban J connectivity index is 1.20. The molecule has 44 heavy (non-hydrogen) atoms. The van der Waals surface area contributed by atoms with Crippen LogP contribution in [-0.4, -0.2) is 63.6 Å². The van der Waals surface area contributed by atoms with Crippen LogP contribution in [0.2, 0.25) is 0 Å². The molecule has 5 heterocycles. The summed E-state index contributed by atoms with van der Waals surface area (Å²) in [6, 6.07) is 13.7. The van der Waals surface area contributed by atoms with E-state index in [-0.39, 0.29) is 23.8 Å². The summed E-state index contributed by atoms with van der Waals surface area (Å²) in [6.45, 7) is 3.93. The number of hydrogen-bond donors (Lipinski definition) is 3. The molecule has 3 aromatic rings. The van der Waals surface area contributed by atoms with Gasteiger partial charge in [0, 0.05) is 43.1 Å². The van der Waals surface area contributed by atoms with Crippen molar-refractivity contribution in [2.75, 3.05) is 25.1 Å². The fourth-order valence-electron chi connectivity index (χ4n) is 7.48. The number of pyridine rings is 2. The first-order chi connectivity index (χ1) is 21.4. The van der Waals surface area contributed by atoms with Gasteiger partial charge in [-0.25, -0.2) is 4.98 Å². The number of amides is 2. The van der Waals surface area contributed by atoms with Crippen molar-refractivity contribution >= 4 is 23.7 Å². The van der Waals surface area contributed by atoms with E-state index in [4.69, 9.17) is 4.74 Å². The number of carbonyl (C=O) groups excluding carboxylic acids is 2. The Hall–Kier alpha value is -3.92. The van der Waals surface area contributed by atoms with Crippen molar-refractivity contribution in [1.29, 1.82) is 0 Å². The van der Waals surface area contributed by atoms with Crippen molar-refractivity contribution in [1.82, 2.24) is 20.2 Å². The molecule has 228 valence electrons. The van der Waals surface area contributed by atoms with Crippen LogP contribution in [0.4, 0.5) is 5.82 Å². The average Bonchev–Trinajstić information content (AvgIpc) is 3.55. The predicted molar refractivity (Wildman–Crippen MR) is 167 cm³/mol. The fraction of sp³-hybridized carbons (Fsp3) is 0.429. The minimum Gasteiger partial charge on any atom is -0.377 e. The molecule has 2 aromatic heterocycles. The Morgan fingerprint density at radius 2 is 1.86 bits per heavy atom. The number of rotatable bonds is 1. The van der Waals surface area contributed by atoms with Gasteiger partial charge in [-0.3, -0.25) is 19.9 Å². The molecule has 9 nitrogen and oxygen atoms in total. The molecule has 0 radical (unpaired) electrons. The number of aliphatic hydroxyl groups excluding tert-OH is 1. The summed E-state index contributed by atoms with van der Waals surface area (Å²) in [5.41, 5.74) is 4.64. The number of piperidine rings is 1. The average molecular weight is 594 g/mol. The molecule has 0 saturated carbocycles. The van der Waals surface area contributed by atoms with E-state index in [1.165, 1.54) is 5.56 Å². The van der Waals surface area contributed by atoms with Crippen LogP contribution in [0.25, 0.3) is 6.08 Å². The zero-order chi connectivity index (χ0) is 30.3. The van der Waals surface area contributed by atoms with E-state index in [2.05, 4.69) is 39.7 Å². The molecule has 9 heteroatoms. The highest BCUT2D eigenvalue weighted by Crippen LogP contribution is 2.47. The Bertz CT molecular complexity index is 1590. The van der Waals surface area contributed by atoms with Gasteiger partial charge >= 0.3 is 0 Å². The summed E-state index contributed by atoms with van der Waals surface area (Å²) in [5, 5.41) is 17.6. The van der Waals surface area contributed by atoms with Crippen LogP contribution in [-0.2, 0) is 32.6 Å². The van der Waals surface area contributed by atoms with Gasteiger partial charge in [0.15, 0.2) is 0 Å². The molecule has 3 aliphatic heterocycles. The van der Waals surface area contributed by atoms with Gasteiger partial charge < -0.3 is 20.1 Å². The SMILES string of the molecule is CC1C(c2ccccc2)CC2NC(O)c3cc4c(cn3)C[C@]3(C4)C(=O)Nc4ncc(cc43)/C=C/COCCCCCN1C2=O. The topological polar surface area (TPSA) is 117 Å². The van der Waals surface area contributed by atoms with E-state index in [0.29, 0.717) is 50.5 Å². The molecule has 5 atom stereocenters. The molecule has 4 aliphatic rings. The number of carbonyl (C=O) groups is 2. The molecule has 1 fully saturated rings. The number of anilines is 1. The number of ether oxygens (including phenoxy) is 1. The van der Waals surface area contributed by atoms with Crippen LogP contribution in [0.5, 0.6) is 0 Å². The smallest absolute Gasteiger partial charge is 0.240 e. The highest BCUT2D eigenvalue weighted by atomic mass is 16.5. The van der Waals surface area contributed by atoms with E-state index in [1.807, 2.05) is 47.4 Å². The van der Waals surface area contributed by atoms with E-state index in [9.17, 15) is 14.7 Å². The van der Waals surface area contributed by atoms with E-state index in [1.54, 1.807) is 12.4 Å². The number of hydrogen-bond acceptors (Lipinski definition) is 7. The highest BCUT2D eigenvalue weighted by molar-refractivity contribution is 6.06. The molecule has 3 N–H and O–H groups in total. The zero-order valence-corrected chi connectivity index (χ0v) is 25.0. The molecular formula is C35H39N5O4. The Morgan fingerprint density at radius 1 is 1.02 bits per heavy atom. The lowest BCUT2D eigenvalue weighted by Crippen LogP contribution is -2.57. The molecule has 1 spiro atoms. The molecule has 2 amide bonds. The number of aromatic nitrogens is 2. The third-order valence-corrected chi connectivity index (χ3v) is 9.90. The third kappa shape index (κ3) is 5.23. The summed E-state index contributed by atoms with van der Waals surface area (Å²) in [4.78, 5) is 38.4. The van der Waals surface area contributed by atoms with E-state index >= 15 is 0 Å². The van der Waals surface area contributed by atoms with Gasteiger partial charge in [-0.1, -0.05) is 42.5 Å². The zero-order valence-electron chi connectivity index (χ0n) is 25.0. The Labute approximate surface area is 257 Å². The lowest BCUT2D eigenvalue weighted by atomic mass is 9.79. The van der Waals surface area contributed by atoms with Crippen molar-refractivity contribution in [3.05, 3.63) is 94.4 Å². The van der Waals surface area contributed by atoms with Crippen LogP contribution in [0, 0.1) is 0 Å². The minimum atomic E-state index is -1.13. The van der Waals surface area contributed by atoms with E-state index < -0.39 is 17.7 Å². The second-order valence-electron chi connectivity index (χ2n) is 12.6. The predicted octanol–water partition coefficient (Wildman–Crippen LogP) is 4.03. The molecule has 7 rings (SSSR count). The lowest BCUT2D eigenvalue weighted by molar-refractivity contribution is -0.141. The second kappa shape index (κ2) is 11.9. The molecule has 1 saturated heterocycles. The summed E-state index contributed by atoms with van der Waals surface area (Å²) in [5.74, 6) is 0.675. The summed E-state index contributed by atoms with van der Waals surface area (Å²) < 4.78 is 5.86. The third-order valence-electron chi connectivity index (χ3n) is 9.90.